The van der Waals surface area contributed by atoms with Crippen LogP contribution < -0.4 is 10.5 Å². The Morgan fingerprint density at radius 2 is 2.08 bits per heavy atom. The first kappa shape index (κ1) is 16.8. The van der Waals surface area contributed by atoms with E-state index in [9.17, 15) is 4.79 Å². The molecule has 1 aromatic carbocycles. The second kappa shape index (κ2) is 5.50. The third-order valence-corrected chi connectivity index (χ3v) is 4.88. The number of rotatable bonds is 3. The van der Waals surface area contributed by atoms with E-state index in [1.54, 1.807) is 7.05 Å². The molecule has 24 heavy (non-hydrogen) atoms. The normalized spacial score (nSPS) is 25.0. The van der Waals surface area contributed by atoms with E-state index in [1.165, 1.54) is 10.5 Å². The van der Waals surface area contributed by atoms with Crippen LogP contribution in [0.15, 0.2) is 23.2 Å². The lowest BCUT2D eigenvalue weighted by Gasteiger charge is -2.41. The van der Waals surface area contributed by atoms with Crippen molar-refractivity contribution in [3.8, 4) is 5.75 Å². The van der Waals surface area contributed by atoms with Gasteiger partial charge in [0.15, 0.2) is 11.5 Å². The Balaban J connectivity index is 2.09. The number of aliphatic imine (C=N–C) groups is 1. The number of nitrogens with zero attached hydrogens (tertiary/aromatic N) is 2. The number of aryl methyl sites for hydroxylation is 1. The molecule has 2 aliphatic rings. The van der Waals surface area contributed by atoms with Crippen molar-refractivity contribution in [1.82, 2.24) is 4.90 Å². The summed E-state index contributed by atoms with van der Waals surface area (Å²) in [6.07, 6.45) is 2.58. The van der Waals surface area contributed by atoms with Crippen LogP contribution in [-0.4, -0.2) is 29.4 Å². The van der Waals surface area contributed by atoms with Gasteiger partial charge >= 0.3 is 0 Å². The molecule has 0 aliphatic carbocycles. The van der Waals surface area contributed by atoms with E-state index in [1.807, 2.05) is 19.9 Å². The van der Waals surface area contributed by atoms with E-state index >= 15 is 0 Å². The number of fused-ring (bicyclic) bond motifs is 2. The van der Waals surface area contributed by atoms with Gasteiger partial charge in [-0.05, 0) is 50.3 Å². The lowest BCUT2D eigenvalue weighted by Crippen LogP contribution is -2.49. The number of ether oxygens (including phenoxy) is 1. The Labute approximate surface area is 143 Å². The number of benzene rings is 1. The fourth-order valence-corrected chi connectivity index (χ4v) is 3.64. The SMILES string of the molecule is CC(C)CCc1ccc2c(c1)C1(CC(C)(C)O2)N=C(N)N(C)C1=O. The summed E-state index contributed by atoms with van der Waals surface area (Å²) in [7, 11) is 1.68. The molecular formula is C19H27N3O2. The van der Waals surface area contributed by atoms with E-state index in [2.05, 4.69) is 31.0 Å². The highest BCUT2D eigenvalue weighted by Gasteiger charge is 2.55. The lowest BCUT2D eigenvalue weighted by atomic mass is 9.77. The lowest BCUT2D eigenvalue weighted by molar-refractivity contribution is -0.133. The minimum absolute atomic E-state index is 0.0707. The molecule has 0 saturated heterocycles. The van der Waals surface area contributed by atoms with Gasteiger partial charge in [0.2, 0.25) is 0 Å². The van der Waals surface area contributed by atoms with Gasteiger partial charge in [-0.2, -0.15) is 0 Å². The summed E-state index contributed by atoms with van der Waals surface area (Å²) in [6.45, 7) is 8.40. The highest BCUT2D eigenvalue weighted by atomic mass is 16.5. The van der Waals surface area contributed by atoms with E-state index in [0.717, 1.165) is 24.2 Å². The van der Waals surface area contributed by atoms with Crippen LogP contribution in [0, 0.1) is 5.92 Å². The van der Waals surface area contributed by atoms with Gasteiger partial charge in [0.1, 0.15) is 11.4 Å². The van der Waals surface area contributed by atoms with Crippen LogP contribution in [0.5, 0.6) is 5.75 Å². The summed E-state index contributed by atoms with van der Waals surface area (Å²) in [4.78, 5) is 19.1. The summed E-state index contributed by atoms with van der Waals surface area (Å²) in [5.74, 6) is 1.58. The van der Waals surface area contributed by atoms with Crippen LogP contribution >= 0.6 is 0 Å². The molecule has 0 fully saturated rings. The number of hydrogen-bond donors (Lipinski definition) is 1. The fraction of sp³-hybridized carbons (Fsp3) is 0.579. The average Bonchev–Trinajstić information content (AvgIpc) is 2.69. The van der Waals surface area contributed by atoms with Gasteiger partial charge < -0.3 is 10.5 Å². The van der Waals surface area contributed by atoms with Gasteiger partial charge in [0.25, 0.3) is 5.91 Å². The zero-order valence-corrected chi connectivity index (χ0v) is 15.2. The Morgan fingerprint density at radius 1 is 1.38 bits per heavy atom. The van der Waals surface area contributed by atoms with E-state index in [4.69, 9.17) is 10.5 Å². The zero-order chi connectivity index (χ0) is 17.7. The van der Waals surface area contributed by atoms with E-state index in [-0.39, 0.29) is 11.9 Å². The van der Waals surface area contributed by atoms with Crippen molar-refractivity contribution in [3.05, 3.63) is 29.3 Å². The van der Waals surface area contributed by atoms with Crippen LogP contribution in [0.1, 0.15) is 51.7 Å². The largest absolute Gasteiger partial charge is 0.487 e. The summed E-state index contributed by atoms with van der Waals surface area (Å²) in [5.41, 5.74) is 6.60. The third kappa shape index (κ3) is 2.66. The molecule has 0 radical (unpaired) electrons. The number of amides is 1. The Bertz CT molecular complexity index is 709. The molecule has 1 spiro atoms. The molecule has 5 nitrogen and oxygen atoms in total. The fourth-order valence-electron chi connectivity index (χ4n) is 3.64. The maximum absolute atomic E-state index is 13.0. The molecule has 1 unspecified atom stereocenters. The van der Waals surface area contributed by atoms with Crippen molar-refractivity contribution in [2.75, 3.05) is 7.05 Å². The molecule has 2 heterocycles. The Morgan fingerprint density at radius 3 is 2.67 bits per heavy atom. The van der Waals surface area contributed by atoms with Crippen LogP contribution in [0.2, 0.25) is 0 Å². The standard InChI is InChI=1S/C19H27N3O2/c1-12(2)6-7-13-8-9-15-14(10-13)19(11-18(3,4)24-15)16(23)22(5)17(20)21-19/h8-10,12H,6-7,11H2,1-5H3,(H2,20,21). The van der Waals surface area contributed by atoms with Gasteiger partial charge in [-0.15, -0.1) is 0 Å². The number of guanidine groups is 1. The molecule has 130 valence electrons. The molecule has 0 bridgehead atoms. The number of carbonyl (C=O) groups excluding carboxylic acids is 1. The minimum Gasteiger partial charge on any atom is -0.487 e. The first-order valence-corrected chi connectivity index (χ1v) is 8.60. The minimum atomic E-state index is -0.955. The highest BCUT2D eigenvalue weighted by molar-refractivity contribution is 6.07. The van der Waals surface area contributed by atoms with E-state index < -0.39 is 11.1 Å². The topological polar surface area (TPSA) is 67.9 Å². The Kier molecular flexibility index (Phi) is 3.85. The number of carbonyl (C=O) groups is 1. The monoisotopic (exact) mass is 329 g/mol. The summed E-state index contributed by atoms with van der Waals surface area (Å²) >= 11 is 0. The van der Waals surface area contributed by atoms with Crippen molar-refractivity contribution in [2.24, 2.45) is 16.6 Å². The molecule has 5 heteroatoms. The van der Waals surface area contributed by atoms with Crippen molar-refractivity contribution in [1.29, 1.82) is 0 Å². The Hall–Kier alpha value is -2.04. The van der Waals surface area contributed by atoms with Crippen LogP contribution in [0.4, 0.5) is 0 Å². The smallest absolute Gasteiger partial charge is 0.261 e. The van der Waals surface area contributed by atoms with Crippen molar-refractivity contribution in [2.45, 2.75) is 58.1 Å². The number of hydrogen-bond acceptors (Lipinski definition) is 4. The molecule has 3 rings (SSSR count). The molecular weight excluding hydrogens is 302 g/mol. The molecule has 2 aliphatic heterocycles. The second-order valence-corrected chi connectivity index (χ2v) is 8.00. The second-order valence-electron chi connectivity index (χ2n) is 8.00. The van der Waals surface area contributed by atoms with Crippen LogP contribution in [0.3, 0.4) is 0 Å². The average molecular weight is 329 g/mol. The number of nitrogens with two attached hydrogens (primary N) is 1. The van der Waals surface area contributed by atoms with Crippen LogP contribution in [0.25, 0.3) is 0 Å². The molecule has 0 saturated carbocycles. The van der Waals surface area contributed by atoms with Gasteiger partial charge in [0, 0.05) is 19.0 Å². The summed E-state index contributed by atoms with van der Waals surface area (Å²) in [5, 5.41) is 0. The molecule has 1 aromatic rings. The van der Waals surface area contributed by atoms with Crippen LogP contribution in [-0.2, 0) is 16.8 Å². The molecule has 1 amide bonds. The third-order valence-electron chi connectivity index (χ3n) is 4.88. The van der Waals surface area contributed by atoms with E-state index in [0.29, 0.717) is 12.3 Å². The first-order valence-electron chi connectivity index (χ1n) is 8.60. The van der Waals surface area contributed by atoms with Gasteiger partial charge in [-0.25, -0.2) is 4.99 Å². The summed E-state index contributed by atoms with van der Waals surface area (Å²) < 4.78 is 6.12. The van der Waals surface area contributed by atoms with Gasteiger partial charge in [-0.1, -0.05) is 19.9 Å². The maximum atomic E-state index is 13.0. The number of likely N-dealkylation sites (N-methyl/N-ethyl adjacent to an activating group) is 1. The molecule has 1 atom stereocenters. The maximum Gasteiger partial charge on any atom is 0.261 e. The predicted octanol–water partition coefficient (Wildman–Crippen LogP) is 2.82. The van der Waals surface area contributed by atoms with Crippen molar-refractivity contribution < 1.29 is 9.53 Å². The predicted molar refractivity (Wildman–Crippen MR) is 95.0 cm³/mol. The zero-order valence-electron chi connectivity index (χ0n) is 15.2. The quantitative estimate of drug-likeness (QED) is 0.927. The van der Waals surface area contributed by atoms with Crippen molar-refractivity contribution in [3.63, 3.8) is 0 Å². The molecule has 2 N–H and O–H groups in total. The highest BCUT2D eigenvalue weighted by Crippen LogP contribution is 2.49. The van der Waals surface area contributed by atoms with Gasteiger partial charge in [0.05, 0.1) is 0 Å². The van der Waals surface area contributed by atoms with Crippen molar-refractivity contribution >= 4 is 11.9 Å². The molecule has 0 aromatic heterocycles. The first-order chi connectivity index (χ1) is 11.1. The summed E-state index contributed by atoms with van der Waals surface area (Å²) in [6, 6.07) is 6.15. The van der Waals surface area contributed by atoms with Gasteiger partial charge in [-0.3, -0.25) is 9.69 Å².